The number of esters is 1. The molecule has 2 amide bonds. The summed E-state index contributed by atoms with van der Waals surface area (Å²) in [5, 5.41) is 0. The van der Waals surface area contributed by atoms with E-state index in [9.17, 15) is 19.9 Å². The normalized spacial score (nSPS) is 11.0. The van der Waals surface area contributed by atoms with Gasteiger partial charge in [0.25, 0.3) is 0 Å². The molecule has 1 atom stereocenters. The van der Waals surface area contributed by atoms with Crippen LogP contribution >= 0.6 is 0 Å². The zero-order chi connectivity index (χ0) is 25.6. The highest BCUT2D eigenvalue weighted by atomic mass is 16.5. The predicted molar refractivity (Wildman–Crippen MR) is 131 cm³/mol. The van der Waals surface area contributed by atoms with Crippen molar-refractivity contribution in [2.45, 2.75) is 39.2 Å². The summed E-state index contributed by atoms with van der Waals surface area (Å²) in [6, 6.07) is 16.7. The second kappa shape index (κ2) is 14.3. The van der Waals surface area contributed by atoms with E-state index >= 15 is 0 Å². The van der Waals surface area contributed by atoms with Crippen molar-refractivity contribution in [1.82, 2.24) is 4.90 Å². The van der Waals surface area contributed by atoms with Gasteiger partial charge in [0.05, 0.1) is 20.3 Å². The van der Waals surface area contributed by atoms with Crippen LogP contribution in [-0.2, 0) is 32.1 Å². The van der Waals surface area contributed by atoms with Gasteiger partial charge in [-0.25, -0.2) is 4.79 Å². The second-order valence-corrected chi connectivity index (χ2v) is 7.88. The summed E-state index contributed by atoms with van der Waals surface area (Å²) >= 11 is 0. The predicted octanol–water partition coefficient (Wildman–Crippen LogP) is 4.00. The maximum absolute atomic E-state index is 13.1. The molecule has 0 saturated carbocycles. The van der Waals surface area contributed by atoms with Crippen molar-refractivity contribution in [1.29, 1.82) is 0 Å². The van der Waals surface area contributed by atoms with Crippen LogP contribution in [0.2, 0.25) is 0 Å². The van der Waals surface area contributed by atoms with Crippen LogP contribution in [-0.4, -0.2) is 46.9 Å². The largest absolute Gasteiger partial charge is 0.497 e. The summed E-state index contributed by atoms with van der Waals surface area (Å²) in [7, 11) is 1.62. The lowest BCUT2D eigenvalue weighted by molar-refractivity contribution is -0.148. The van der Waals surface area contributed by atoms with Crippen molar-refractivity contribution in [3.8, 4) is 5.75 Å². The van der Waals surface area contributed by atoms with Crippen molar-refractivity contribution < 1.29 is 28.6 Å². The quantitative estimate of drug-likeness (QED) is 0.108. The minimum atomic E-state index is -1.09. The van der Waals surface area contributed by atoms with E-state index in [-0.39, 0.29) is 25.5 Å². The molecule has 0 heterocycles. The fraction of sp³-hybridized carbons (Fsp3) is 0.333. The Hall–Kier alpha value is -4.03. The number of imide groups is 1. The van der Waals surface area contributed by atoms with Gasteiger partial charge in [-0.05, 0) is 55.4 Å². The van der Waals surface area contributed by atoms with Crippen LogP contribution in [0, 0.1) is 5.92 Å². The molecule has 1 unspecified atom stereocenters. The summed E-state index contributed by atoms with van der Waals surface area (Å²) in [5.74, 6) is -1.67. The van der Waals surface area contributed by atoms with E-state index < -0.39 is 23.5 Å². The van der Waals surface area contributed by atoms with Gasteiger partial charge in [0.2, 0.25) is 5.91 Å². The van der Waals surface area contributed by atoms with Crippen molar-refractivity contribution in [2.75, 3.05) is 13.7 Å². The minimum absolute atomic E-state index is 0.00596. The molecule has 184 valence electrons. The number of allylic oxidation sites excluding steroid dienone is 1. The summed E-state index contributed by atoms with van der Waals surface area (Å²) in [4.78, 5) is 41.8. The Morgan fingerprint density at radius 3 is 2.46 bits per heavy atom. The van der Waals surface area contributed by atoms with Crippen molar-refractivity contribution >= 4 is 23.5 Å². The van der Waals surface area contributed by atoms with Gasteiger partial charge in [0.1, 0.15) is 5.75 Å². The molecule has 0 aliphatic heterocycles. The van der Waals surface area contributed by atoms with Gasteiger partial charge < -0.3 is 15.0 Å². The van der Waals surface area contributed by atoms with E-state index in [0.29, 0.717) is 18.4 Å². The van der Waals surface area contributed by atoms with Gasteiger partial charge >= 0.3 is 17.6 Å². The van der Waals surface area contributed by atoms with E-state index in [1.54, 1.807) is 38.3 Å². The molecule has 0 aliphatic rings. The maximum Gasteiger partial charge on any atom is 0.463 e. The average molecular weight is 478 g/mol. The Bertz CT molecular complexity index is 1080. The lowest BCUT2D eigenvalue weighted by Gasteiger charge is -2.19. The lowest BCUT2D eigenvalue weighted by atomic mass is 9.94. The average Bonchev–Trinajstić information content (AvgIpc) is 2.87. The highest BCUT2D eigenvalue weighted by Gasteiger charge is 2.38. The number of benzene rings is 2. The number of carbonyl (C=O) groups excluding carboxylic acids is 3. The van der Waals surface area contributed by atoms with E-state index in [4.69, 9.17) is 9.47 Å². The molecule has 0 radical (unpaired) electrons. The molecule has 0 aliphatic carbocycles. The number of methoxy groups -OCH3 is 1. The number of hydrogen-bond acceptors (Lipinski definition) is 5. The molecule has 0 aromatic heterocycles. The van der Waals surface area contributed by atoms with Gasteiger partial charge in [0.15, 0.2) is 0 Å². The molecule has 0 fully saturated rings. The van der Waals surface area contributed by atoms with Crippen LogP contribution in [0.15, 0.2) is 67.3 Å². The van der Waals surface area contributed by atoms with E-state index in [0.717, 1.165) is 22.6 Å². The molecule has 0 saturated heterocycles. The number of ether oxygens (including phenoxy) is 2. The van der Waals surface area contributed by atoms with Gasteiger partial charge in [-0.15, -0.1) is 6.58 Å². The third kappa shape index (κ3) is 8.36. The van der Waals surface area contributed by atoms with Gasteiger partial charge in [0, 0.05) is 6.42 Å². The molecular weight excluding hydrogens is 446 g/mol. The molecule has 2 rings (SSSR count). The Morgan fingerprint density at radius 1 is 1.11 bits per heavy atom. The van der Waals surface area contributed by atoms with Crippen LogP contribution < -0.4 is 4.74 Å². The smallest absolute Gasteiger partial charge is 0.463 e. The molecule has 8 heteroatoms. The highest BCUT2D eigenvalue weighted by molar-refractivity contribution is 6.62. The summed E-state index contributed by atoms with van der Waals surface area (Å²) in [6.07, 6.45) is 3.85. The number of rotatable bonds is 13. The Morgan fingerprint density at radius 2 is 1.83 bits per heavy atom. The number of hydrogen-bond donors (Lipinski definition) is 0. The molecule has 0 spiro atoms. The van der Waals surface area contributed by atoms with Crippen LogP contribution in [0.3, 0.4) is 0 Å². The SMILES string of the molecule is C=CC(CCCC(=O)N(Cc1ccccc1)C(=O)C(=[N+]=[N-])C(=O)OCC)Cc1cccc(OC)c1. The number of carbonyl (C=O) groups is 3. The van der Waals surface area contributed by atoms with Crippen LogP contribution in [0.5, 0.6) is 5.75 Å². The van der Waals surface area contributed by atoms with Gasteiger partial charge in [-0.1, -0.05) is 48.5 Å². The topological polar surface area (TPSA) is 109 Å². The summed E-state index contributed by atoms with van der Waals surface area (Å²) in [6.45, 7) is 5.40. The molecule has 8 nitrogen and oxygen atoms in total. The highest BCUT2D eigenvalue weighted by Crippen LogP contribution is 2.20. The minimum Gasteiger partial charge on any atom is -0.497 e. The van der Waals surface area contributed by atoms with Crippen LogP contribution in [0.4, 0.5) is 0 Å². The second-order valence-electron chi connectivity index (χ2n) is 7.88. The monoisotopic (exact) mass is 477 g/mol. The Balaban J connectivity index is 2.09. The van der Waals surface area contributed by atoms with E-state index in [2.05, 4.69) is 11.4 Å². The third-order valence-corrected chi connectivity index (χ3v) is 5.43. The van der Waals surface area contributed by atoms with E-state index in [1.165, 1.54) is 0 Å². The summed E-state index contributed by atoms with van der Waals surface area (Å²) < 4.78 is 10.1. The van der Waals surface area contributed by atoms with E-state index in [1.807, 2.05) is 36.4 Å². The molecule has 2 aromatic rings. The first-order valence-electron chi connectivity index (χ1n) is 11.5. The maximum atomic E-state index is 13.1. The van der Waals surface area contributed by atoms with Gasteiger partial charge in [-0.2, -0.15) is 4.79 Å². The number of nitrogens with zero attached hydrogens (tertiary/aromatic N) is 3. The van der Waals surface area contributed by atoms with Crippen molar-refractivity contribution in [3.63, 3.8) is 0 Å². The molecule has 0 bridgehead atoms. The first kappa shape index (κ1) is 27.2. The standard InChI is InChI=1S/C27H31N3O5/c1-4-20(17-22-14-9-15-23(18-22)34-3)13-10-16-24(31)30(19-21-11-7-6-8-12-21)26(32)25(29-28)27(33)35-5-2/h4,6-9,11-12,14-15,18,20H,1,5,10,13,16-17,19H2,2-3H3. The first-order chi connectivity index (χ1) is 16.9. The Kier molecular flexibility index (Phi) is 11.1. The molecule has 2 aromatic carbocycles. The van der Waals surface area contributed by atoms with Crippen molar-refractivity contribution in [3.05, 3.63) is 83.9 Å². The lowest BCUT2D eigenvalue weighted by Crippen LogP contribution is -2.44. The molecular formula is C27H31N3O5. The van der Waals surface area contributed by atoms with Gasteiger partial charge in [-0.3, -0.25) is 14.5 Å². The Labute approximate surface area is 205 Å². The molecule has 35 heavy (non-hydrogen) atoms. The molecule has 0 N–H and O–H groups in total. The third-order valence-electron chi connectivity index (χ3n) is 5.43. The first-order valence-corrected chi connectivity index (χ1v) is 11.5. The fourth-order valence-corrected chi connectivity index (χ4v) is 3.59. The zero-order valence-electron chi connectivity index (χ0n) is 20.2. The fourth-order valence-electron chi connectivity index (χ4n) is 3.59. The zero-order valence-corrected chi connectivity index (χ0v) is 20.2. The number of amides is 2. The summed E-state index contributed by atoms with van der Waals surface area (Å²) in [5.41, 5.74) is 10.2. The van der Waals surface area contributed by atoms with Crippen molar-refractivity contribution in [2.24, 2.45) is 5.92 Å². The van der Waals surface area contributed by atoms with Crippen LogP contribution in [0.1, 0.15) is 37.3 Å². The van der Waals surface area contributed by atoms with Crippen LogP contribution in [0.25, 0.3) is 5.53 Å².